The first-order chi connectivity index (χ1) is 14.1. The Morgan fingerprint density at radius 1 is 1.03 bits per heavy atom. The van der Waals surface area contributed by atoms with Gasteiger partial charge in [-0.15, -0.1) is 0 Å². The van der Waals surface area contributed by atoms with Gasteiger partial charge in [0.15, 0.2) is 0 Å². The van der Waals surface area contributed by atoms with Gasteiger partial charge in [-0.25, -0.2) is 0 Å². The Bertz CT molecular complexity index is 1030. The zero-order chi connectivity index (χ0) is 20.2. The molecule has 1 aliphatic rings. The maximum Gasteiger partial charge on any atom is 0.251 e. The van der Waals surface area contributed by atoms with E-state index in [0.717, 1.165) is 52.6 Å². The normalized spacial score (nSPS) is 19.1. The summed E-state index contributed by atoms with van der Waals surface area (Å²) in [6.45, 7) is 0.454. The Kier molecular flexibility index (Phi) is 6.16. The third-order valence-corrected chi connectivity index (χ3v) is 6.03. The highest BCUT2D eigenvalue weighted by molar-refractivity contribution is 9.10. The molecular formula is C24H24BrNO3. The number of ether oxygens (including phenoxy) is 1. The summed E-state index contributed by atoms with van der Waals surface area (Å²) >= 11 is 3.44. The molecular weight excluding hydrogens is 430 g/mol. The molecule has 1 saturated carbocycles. The molecule has 5 heteroatoms. The van der Waals surface area contributed by atoms with Crippen molar-refractivity contribution >= 4 is 15.9 Å². The maximum absolute atomic E-state index is 12.8. The number of rotatable bonds is 5. The number of halogens is 1. The average Bonchev–Trinajstić information content (AvgIpc) is 2.74. The van der Waals surface area contributed by atoms with Crippen molar-refractivity contribution in [3.05, 3.63) is 87.3 Å². The molecule has 2 atom stereocenters. The van der Waals surface area contributed by atoms with Crippen LogP contribution < -0.4 is 10.3 Å². The number of pyridine rings is 1. The van der Waals surface area contributed by atoms with Crippen molar-refractivity contribution in [1.82, 2.24) is 4.57 Å². The molecule has 3 aromatic rings. The Morgan fingerprint density at radius 3 is 2.55 bits per heavy atom. The quantitative estimate of drug-likeness (QED) is 0.567. The molecule has 1 aliphatic carbocycles. The zero-order valence-electron chi connectivity index (χ0n) is 16.1. The van der Waals surface area contributed by atoms with Crippen molar-refractivity contribution in [1.29, 1.82) is 0 Å². The summed E-state index contributed by atoms with van der Waals surface area (Å²) in [5.41, 5.74) is 2.70. The van der Waals surface area contributed by atoms with E-state index in [4.69, 9.17) is 4.74 Å². The summed E-state index contributed by atoms with van der Waals surface area (Å²) in [4.78, 5) is 12.8. The smallest absolute Gasteiger partial charge is 0.251 e. The first kappa shape index (κ1) is 19.9. The van der Waals surface area contributed by atoms with Gasteiger partial charge in [-0.1, -0.05) is 59.1 Å². The summed E-state index contributed by atoms with van der Waals surface area (Å²) < 4.78 is 8.77. The highest BCUT2D eigenvalue weighted by Gasteiger charge is 2.25. The average molecular weight is 454 g/mol. The summed E-state index contributed by atoms with van der Waals surface area (Å²) in [7, 11) is 0. The van der Waals surface area contributed by atoms with Gasteiger partial charge in [-0.2, -0.15) is 0 Å². The fourth-order valence-electron chi connectivity index (χ4n) is 3.92. The lowest BCUT2D eigenvalue weighted by molar-refractivity contribution is 0.0738. The van der Waals surface area contributed by atoms with Crippen LogP contribution >= 0.6 is 15.9 Å². The number of aliphatic hydroxyl groups is 1. The molecule has 29 heavy (non-hydrogen) atoms. The number of aliphatic hydroxyl groups excluding tert-OH is 1. The third kappa shape index (κ3) is 4.62. The van der Waals surface area contributed by atoms with Crippen molar-refractivity contribution in [2.45, 2.75) is 44.4 Å². The van der Waals surface area contributed by atoms with Gasteiger partial charge in [-0.3, -0.25) is 4.79 Å². The molecule has 2 aromatic carbocycles. The first-order valence-electron chi connectivity index (χ1n) is 9.99. The lowest BCUT2D eigenvalue weighted by atomic mass is 9.92. The van der Waals surface area contributed by atoms with E-state index < -0.39 is 6.10 Å². The number of nitrogens with zero attached hydrogens (tertiary/aromatic N) is 1. The van der Waals surface area contributed by atoms with Crippen molar-refractivity contribution in [2.75, 3.05) is 0 Å². The van der Waals surface area contributed by atoms with Crippen LogP contribution in [0, 0.1) is 0 Å². The van der Waals surface area contributed by atoms with Gasteiger partial charge in [0, 0.05) is 22.3 Å². The number of hydrogen-bond donors (Lipinski definition) is 1. The Morgan fingerprint density at radius 2 is 1.79 bits per heavy atom. The lowest BCUT2D eigenvalue weighted by Crippen LogP contribution is -2.34. The number of benzene rings is 2. The van der Waals surface area contributed by atoms with E-state index in [1.807, 2.05) is 60.8 Å². The summed E-state index contributed by atoms with van der Waals surface area (Å²) in [5.74, 6) is 0.741. The van der Waals surface area contributed by atoms with E-state index in [1.54, 1.807) is 10.6 Å². The molecule has 1 N–H and O–H groups in total. The van der Waals surface area contributed by atoms with Crippen LogP contribution in [0.1, 0.15) is 37.3 Å². The van der Waals surface area contributed by atoms with E-state index >= 15 is 0 Å². The highest BCUT2D eigenvalue weighted by Crippen LogP contribution is 2.31. The topological polar surface area (TPSA) is 51.5 Å². The van der Waals surface area contributed by atoms with Crippen LogP contribution in [0.25, 0.3) is 11.1 Å². The molecule has 4 nitrogen and oxygen atoms in total. The van der Waals surface area contributed by atoms with Crippen LogP contribution in [0.15, 0.2) is 76.1 Å². The summed E-state index contributed by atoms with van der Waals surface area (Å²) in [5, 5.41) is 10.3. The van der Waals surface area contributed by atoms with Gasteiger partial charge >= 0.3 is 0 Å². The number of aromatic nitrogens is 1. The van der Waals surface area contributed by atoms with Crippen molar-refractivity contribution in [3.63, 3.8) is 0 Å². The van der Waals surface area contributed by atoms with E-state index in [-0.39, 0.29) is 11.6 Å². The SMILES string of the molecule is O=c1cc(-c2ccccc2OCc2ccc(Br)cc2)ccn1[C@H]1CCCC[C@@H]1O. The molecule has 0 unspecified atom stereocenters. The van der Waals surface area contributed by atoms with Crippen molar-refractivity contribution < 1.29 is 9.84 Å². The third-order valence-electron chi connectivity index (χ3n) is 5.51. The fraction of sp³-hybridized carbons (Fsp3) is 0.292. The minimum atomic E-state index is -0.450. The second kappa shape index (κ2) is 8.97. The molecule has 0 spiro atoms. The Balaban J connectivity index is 1.57. The van der Waals surface area contributed by atoms with Crippen LogP contribution in [0.4, 0.5) is 0 Å². The molecule has 0 aliphatic heterocycles. The molecule has 0 bridgehead atoms. The number of hydrogen-bond acceptors (Lipinski definition) is 3. The molecule has 1 heterocycles. The molecule has 1 aromatic heterocycles. The van der Waals surface area contributed by atoms with E-state index in [0.29, 0.717) is 6.61 Å². The Labute approximate surface area is 178 Å². The second-order valence-electron chi connectivity index (χ2n) is 7.49. The van der Waals surface area contributed by atoms with Crippen molar-refractivity contribution in [3.8, 4) is 16.9 Å². The molecule has 0 saturated heterocycles. The van der Waals surface area contributed by atoms with Gasteiger partial charge in [-0.05, 0) is 48.2 Å². The molecule has 150 valence electrons. The van der Waals surface area contributed by atoms with Crippen LogP contribution in [0.5, 0.6) is 5.75 Å². The molecule has 4 rings (SSSR count). The Hall–Kier alpha value is -2.37. The minimum Gasteiger partial charge on any atom is -0.488 e. The van der Waals surface area contributed by atoms with Crippen LogP contribution in [0.2, 0.25) is 0 Å². The van der Waals surface area contributed by atoms with Crippen molar-refractivity contribution in [2.24, 2.45) is 0 Å². The van der Waals surface area contributed by atoms with Crippen LogP contribution in [0.3, 0.4) is 0 Å². The van der Waals surface area contributed by atoms with Gasteiger partial charge in [0.2, 0.25) is 0 Å². The molecule has 0 radical (unpaired) electrons. The predicted octanol–water partition coefficient (Wildman–Crippen LogP) is 5.33. The van der Waals surface area contributed by atoms with Gasteiger partial charge in [0.25, 0.3) is 5.56 Å². The molecule has 0 amide bonds. The molecule has 1 fully saturated rings. The fourth-order valence-corrected chi connectivity index (χ4v) is 4.18. The highest BCUT2D eigenvalue weighted by atomic mass is 79.9. The van der Waals surface area contributed by atoms with E-state index in [2.05, 4.69) is 15.9 Å². The van der Waals surface area contributed by atoms with E-state index in [9.17, 15) is 9.90 Å². The largest absolute Gasteiger partial charge is 0.488 e. The zero-order valence-corrected chi connectivity index (χ0v) is 17.7. The maximum atomic E-state index is 12.8. The number of para-hydroxylation sites is 1. The van der Waals surface area contributed by atoms with Crippen LogP contribution in [-0.2, 0) is 6.61 Å². The summed E-state index contributed by atoms with van der Waals surface area (Å²) in [6.07, 6.45) is 5.02. The van der Waals surface area contributed by atoms with E-state index in [1.165, 1.54) is 0 Å². The van der Waals surface area contributed by atoms with Gasteiger partial charge < -0.3 is 14.4 Å². The standard InChI is InChI=1S/C24H24BrNO3/c25-19-11-9-17(10-12-19)16-29-23-8-4-1-5-20(23)18-13-14-26(24(28)15-18)21-6-2-3-7-22(21)27/h1,4-5,8-15,21-22,27H,2-3,6-7,16H2/t21-,22-/m0/s1. The lowest BCUT2D eigenvalue weighted by Gasteiger charge is -2.29. The van der Waals surface area contributed by atoms with Gasteiger partial charge in [0.05, 0.1) is 12.1 Å². The minimum absolute atomic E-state index is 0.0869. The predicted molar refractivity (Wildman–Crippen MR) is 118 cm³/mol. The summed E-state index contributed by atoms with van der Waals surface area (Å²) in [6, 6.07) is 19.2. The second-order valence-corrected chi connectivity index (χ2v) is 8.41. The van der Waals surface area contributed by atoms with Crippen LogP contribution in [-0.4, -0.2) is 15.8 Å². The van der Waals surface area contributed by atoms with Gasteiger partial charge in [0.1, 0.15) is 12.4 Å². The monoisotopic (exact) mass is 453 g/mol. The first-order valence-corrected chi connectivity index (χ1v) is 10.8.